The molecule has 136 valence electrons. The molecular weight excluding hydrogens is 330 g/mol. The zero-order valence-electron chi connectivity index (χ0n) is 15.5. The summed E-state index contributed by atoms with van der Waals surface area (Å²) < 4.78 is 7.56. The Morgan fingerprint density at radius 3 is 2.65 bits per heavy atom. The zero-order chi connectivity index (χ0) is 18.8. The fourth-order valence-electron chi connectivity index (χ4n) is 3.23. The average Bonchev–Trinajstić information content (AvgIpc) is 2.98. The van der Waals surface area contributed by atoms with Crippen molar-refractivity contribution in [3.63, 3.8) is 0 Å². The second-order valence-electron chi connectivity index (χ2n) is 6.36. The van der Waals surface area contributed by atoms with Crippen LogP contribution in [0.15, 0.2) is 24.3 Å². The number of aliphatic carboxylic acids is 1. The number of ether oxygens (including phenoxy) is 1. The van der Waals surface area contributed by atoms with Gasteiger partial charge in [0.25, 0.3) is 0 Å². The molecule has 3 aromatic rings. The Kier molecular flexibility index (Phi) is 4.93. The van der Waals surface area contributed by atoms with Gasteiger partial charge in [0, 0.05) is 24.6 Å². The summed E-state index contributed by atoms with van der Waals surface area (Å²) in [5, 5.41) is 8.92. The van der Waals surface area contributed by atoms with E-state index < -0.39 is 5.97 Å². The van der Waals surface area contributed by atoms with Gasteiger partial charge >= 0.3 is 5.97 Å². The average molecular weight is 353 g/mol. The Bertz CT molecular complexity index is 976. The number of aryl methyl sites for hydroxylation is 4. The van der Waals surface area contributed by atoms with Gasteiger partial charge in [-0.25, -0.2) is 9.97 Å². The van der Waals surface area contributed by atoms with E-state index in [1.807, 2.05) is 38.1 Å². The number of benzene rings is 1. The van der Waals surface area contributed by atoms with E-state index in [0.29, 0.717) is 12.2 Å². The standard InChI is InChI=1S/C20H23N3O3/c1-5-17-22-19-12(2)10-13(3)21-20(19)23(17)15-8-6-14(7-9-18(24)25)16(11-15)26-4/h6,8,10-11H,5,7,9H2,1-4H3,(H,24,25). The molecule has 1 N–H and O–H groups in total. The Balaban J connectivity index is 2.15. The lowest BCUT2D eigenvalue weighted by atomic mass is 10.1. The van der Waals surface area contributed by atoms with E-state index in [1.165, 1.54) is 0 Å². The first kappa shape index (κ1) is 17.9. The predicted molar refractivity (Wildman–Crippen MR) is 100 cm³/mol. The van der Waals surface area contributed by atoms with Crippen LogP contribution in [0.4, 0.5) is 0 Å². The Labute approximate surface area is 152 Å². The molecule has 6 heteroatoms. The van der Waals surface area contributed by atoms with Crippen LogP contribution in [0.1, 0.15) is 36.0 Å². The number of hydrogen-bond acceptors (Lipinski definition) is 4. The molecule has 0 saturated carbocycles. The molecule has 0 aliphatic rings. The predicted octanol–water partition coefficient (Wildman–Crippen LogP) is 3.63. The van der Waals surface area contributed by atoms with Crippen LogP contribution in [0.3, 0.4) is 0 Å². The highest BCUT2D eigenvalue weighted by molar-refractivity contribution is 5.78. The normalized spacial score (nSPS) is 11.1. The smallest absolute Gasteiger partial charge is 0.303 e. The number of imidazole rings is 1. The van der Waals surface area contributed by atoms with Gasteiger partial charge in [-0.05, 0) is 43.5 Å². The van der Waals surface area contributed by atoms with Crippen LogP contribution in [-0.2, 0) is 17.6 Å². The monoisotopic (exact) mass is 353 g/mol. The molecule has 0 bridgehead atoms. The Morgan fingerprint density at radius 1 is 1.23 bits per heavy atom. The minimum Gasteiger partial charge on any atom is -0.496 e. The molecule has 0 saturated heterocycles. The number of carbonyl (C=O) groups is 1. The summed E-state index contributed by atoms with van der Waals surface area (Å²) in [6.45, 7) is 6.09. The van der Waals surface area contributed by atoms with Gasteiger partial charge in [-0.2, -0.15) is 0 Å². The number of carboxylic acid groups (broad SMARTS) is 1. The van der Waals surface area contributed by atoms with Crippen molar-refractivity contribution in [3.8, 4) is 11.4 Å². The second-order valence-corrected chi connectivity index (χ2v) is 6.36. The Morgan fingerprint density at radius 2 is 2.00 bits per heavy atom. The third-order valence-electron chi connectivity index (χ3n) is 4.46. The van der Waals surface area contributed by atoms with Crippen molar-refractivity contribution < 1.29 is 14.6 Å². The molecule has 0 aliphatic heterocycles. The first-order valence-electron chi connectivity index (χ1n) is 8.69. The van der Waals surface area contributed by atoms with Crippen molar-refractivity contribution in [1.29, 1.82) is 0 Å². The lowest BCUT2D eigenvalue weighted by Gasteiger charge is -2.13. The number of methoxy groups -OCH3 is 1. The fourth-order valence-corrected chi connectivity index (χ4v) is 3.23. The van der Waals surface area contributed by atoms with Crippen molar-refractivity contribution in [2.24, 2.45) is 0 Å². The lowest BCUT2D eigenvalue weighted by molar-refractivity contribution is -0.136. The van der Waals surface area contributed by atoms with Gasteiger partial charge in [0.1, 0.15) is 17.1 Å². The van der Waals surface area contributed by atoms with E-state index in [0.717, 1.165) is 45.9 Å². The van der Waals surface area contributed by atoms with Crippen LogP contribution < -0.4 is 4.74 Å². The summed E-state index contributed by atoms with van der Waals surface area (Å²) in [4.78, 5) is 20.3. The van der Waals surface area contributed by atoms with Gasteiger partial charge in [0.05, 0.1) is 12.8 Å². The minimum absolute atomic E-state index is 0.0733. The number of carboxylic acids is 1. The van der Waals surface area contributed by atoms with E-state index in [1.54, 1.807) is 7.11 Å². The molecule has 0 fully saturated rings. The summed E-state index contributed by atoms with van der Waals surface area (Å²) in [6, 6.07) is 7.86. The van der Waals surface area contributed by atoms with E-state index >= 15 is 0 Å². The molecule has 0 spiro atoms. The first-order valence-corrected chi connectivity index (χ1v) is 8.69. The van der Waals surface area contributed by atoms with Crippen LogP contribution in [0.25, 0.3) is 16.9 Å². The van der Waals surface area contributed by atoms with Gasteiger partial charge in [-0.15, -0.1) is 0 Å². The second kappa shape index (κ2) is 7.15. The van der Waals surface area contributed by atoms with E-state index in [-0.39, 0.29) is 6.42 Å². The number of rotatable bonds is 6. The molecule has 2 heterocycles. The molecule has 1 aromatic carbocycles. The first-order chi connectivity index (χ1) is 12.4. The van der Waals surface area contributed by atoms with Crippen molar-refractivity contribution >= 4 is 17.1 Å². The summed E-state index contributed by atoms with van der Waals surface area (Å²) in [5.74, 6) is 0.790. The third kappa shape index (κ3) is 3.27. The molecule has 0 aliphatic carbocycles. The van der Waals surface area contributed by atoms with Crippen LogP contribution >= 0.6 is 0 Å². The maximum Gasteiger partial charge on any atom is 0.303 e. The molecule has 0 unspecified atom stereocenters. The SMILES string of the molecule is CCc1nc2c(C)cc(C)nc2n1-c1ccc(CCC(=O)O)c(OC)c1. The van der Waals surface area contributed by atoms with Gasteiger partial charge in [0.2, 0.25) is 0 Å². The van der Waals surface area contributed by atoms with Gasteiger partial charge in [-0.1, -0.05) is 13.0 Å². The largest absolute Gasteiger partial charge is 0.496 e. The van der Waals surface area contributed by atoms with Crippen LogP contribution in [-0.4, -0.2) is 32.7 Å². The van der Waals surface area contributed by atoms with Crippen LogP contribution in [0, 0.1) is 13.8 Å². The van der Waals surface area contributed by atoms with E-state index in [9.17, 15) is 4.79 Å². The molecule has 0 radical (unpaired) electrons. The molecule has 6 nitrogen and oxygen atoms in total. The lowest BCUT2D eigenvalue weighted by Crippen LogP contribution is -2.04. The summed E-state index contributed by atoms with van der Waals surface area (Å²) in [7, 11) is 1.60. The molecule has 26 heavy (non-hydrogen) atoms. The summed E-state index contributed by atoms with van der Waals surface area (Å²) in [6.07, 6.45) is 1.28. The van der Waals surface area contributed by atoms with Crippen molar-refractivity contribution in [3.05, 3.63) is 46.9 Å². The van der Waals surface area contributed by atoms with Gasteiger partial charge in [0.15, 0.2) is 5.65 Å². The zero-order valence-corrected chi connectivity index (χ0v) is 15.5. The van der Waals surface area contributed by atoms with Gasteiger partial charge in [-0.3, -0.25) is 9.36 Å². The van der Waals surface area contributed by atoms with E-state index in [2.05, 4.69) is 11.5 Å². The molecule has 0 amide bonds. The quantitative estimate of drug-likeness (QED) is 0.732. The maximum absolute atomic E-state index is 10.9. The van der Waals surface area contributed by atoms with Crippen molar-refractivity contribution in [1.82, 2.24) is 14.5 Å². The van der Waals surface area contributed by atoms with E-state index in [4.69, 9.17) is 19.8 Å². The number of aromatic nitrogens is 3. The number of pyridine rings is 1. The highest BCUT2D eigenvalue weighted by atomic mass is 16.5. The molecular formula is C20H23N3O3. The fraction of sp³-hybridized carbons (Fsp3) is 0.350. The maximum atomic E-state index is 10.9. The summed E-state index contributed by atoms with van der Waals surface area (Å²) >= 11 is 0. The Hall–Kier alpha value is -2.89. The molecule has 3 rings (SSSR count). The van der Waals surface area contributed by atoms with Crippen molar-refractivity contribution in [2.75, 3.05) is 7.11 Å². The third-order valence-corrected chi connectivity index (χ3v) is 4.46. The summed E-state index contributed by atoms with van der Waals surface area (Å²) in [5.41, 5.74) is 5.58. The number of nitrogens with zero attached hydrogens (tertiary/aromatic N) is 3. The van der Waals surface area contributed by atoms with Crippen LogP contribution in [0.5, 0.6) is 5.75 Å². The topological polar surface area (TPSA) is 77.2 Å². The van der Waals surface area contributed by atoms with Crippen LogP contribution in [0.2, 0.25) is 0 Å². The highest BCUT2D eigenvalue weighted by Gasteiger charge is 2.16. The van der Waals surface area contributed by atoms with Crippen molar-refractivity contribution in [2.45, 2.75) is 40.0 Å². The highest BCUT2D eigenvalue weighted by Crippen LogP contribution is 2.28. The number of hydrogen-bond donors (Lipinski definition) is 1. The number of fused-ring (bicyclic) bond motifs is 1. The molecule has 0 atom stereocenters. The minimum atomic E-state index is -0.819. The molecule has 2 aromatic heterocycles. The van der Waals surface area contributed by atoms with Gasteiger partial charge < -0.3 is 9.84 Å².